The monoisotopic (exact) mass is 282 g/mol. The molecular formula is C13H15ClN2O3. The standard InChI is InChI=1S/C13H15ClN2O3/c1-9-6-13(16(17)18)11(14)7-12(9)15-8-10-4-2-3-5-19-10/h3,5-7,10,15H,2,4,8H2,1H3. The topological polar surface area (TPSA) is 64.4 Å². The van der Waals surface area contributed by atoms with E-state index in [1.165, 1.54) is 6.07 Å². The molecule has 1 aliphatic heterocycles. The van der Waals surface area contributed by atoms with E-state index < -0.39 is 4.92 Å². The molecule has 1 aromatic carbocycles. The van der Waals surface area contributed by atoms with Crippen molar-refractivity contribution in [2.24, 2.45) is 0 Å². The van der Waals surface area contributed by atoms with Crippen molar-refractivity contribution >= 4 is 23.0 Å². The van der Waals surface area contributed by atoms with Gasteiger partial charge in [0.25, 0.3) is 5.69 Å². The molecule has 5 nitrogen and oxygen atoms in total. The normalized spacial score (nSPS) is 17.9. The van der Waals surface area contributed by atoms with Crippen LogP contribution in [0.25, 0.3) is 0 Å². The Labute approximate surface area is 116 Å². The van der Waals surface area contributed by atoms with Crippen LogP contribution in [0.2, 0.25) is 5.02 Å². The number of halogens is 1. The third-order valence-electron chi connectivity index (χ3n) is 3.03. The number of ether oxygens (including phenoxy) is 1. The van der Waals surface area contributed by atoms with Crippen LogP contribution >= 0.6 is 11.6 Å². The van der Waals surface area contributed by atoms with Crippen LogP contribution in [-0.4, -0.2) is 17.6 Å². The number of nitro groups is 1. The van der Waals surface area contributed by atoms with Gasteiger partial charge in [-0.25, -0.2) is 0 Å². The number of anilines is 1. The van der Waals surface area contributed by atoms with Crippen LogP contribution in [0.1, 0.15) is 18.4 Å². The minimum atomic E-state index is -0.478. The molecule has 1 N–H and O–H groups in total. The maximum absolute atomic E-state index is 10.8. The van der Waals surface area contributed by atoms with Crippen LogP contribution in [-0.2, 0) is 4.74 Å². The van der Waals surface area contributed by atoms with Gasteiger partial charge in [-0.05, 0) is 37.5 Å². The molecule has 0 spiro atoms. The van der Waals surface area contributed by atoms with Crippen LogP contribution in [0.15, 0.2) is 24.5 Å². The van der Waals surface area contributed by atoms with Gasteiger partial charge >= 0.3 is 0 Å². The minimum Gasteiger partial charge on any atom is -0.497 e. The maximum Gasteiger partial charge on any atom is 0.288 e. The molecule has 0 aliphatic carbocycles. The molecule has 0 aromatic heterocycles. The molecule has 1 heterocycles. The van der Waals surface area contributed by atoms with E-state index >= 15 is 0 Å². The molecule has 1 aliphatic rings. The Morgan fingerprint density at radius 1 is 1.58 bits per heavy atom. The van der Waals surface area contributed by atoms with Crippen LogP contribution in [0.3, 0.4) is 0 Å². The predicted octanol–water partition coefficient (Wildman–Crippen LogP) is 3.66. The molecule has 102 valence electrons. The van der Waals surface area contributed by atoms with Gasteiger partial charge in [0, 0.05) is 11.8 Å². The smallest absolute Gasteiger partial charge is 0.288 e. The van der Waals surface area contributed by atoms with E-state index in [0.29, 0.717) is 6.54 Å². The third kappa shape index (κ3) is 3.38. The van der Waals surface area contributed by atoms with Gasteiger partial charge in [0.15, 0.2) is 0 Å². The molecule has 0 fully saturated rings. The second-order valence-electron chi connectivity index (χ2n) is 4.46. The molecule has 6 heteroatoms. The Kier molecular flexibility index (Phi) is 4.27. The maximum atomic E-state index is 10.8. The average molecular weight is 283 g/mol. The van der Waals surface area contributed by atoms with Crippen LogP contribution in [0, 0.1) is 17.0 Å². The first-order valence-corrected chi connectivity index (χ1v) is 6.44. The molecular weight excluding hydrogens is 268 g/mol. The highest BCUT2D eigenvalue weighted by atomic mass is 35.5. The van der Waals surface area contributed by atoms with E-state index in [9.17, 15) is 10.1 Å². The quantitative estimate of drug-likeness (QED) is 0.676. The first-order valence-electron chi connectivity index (χ1n) is 6.07. The van der Waals surface area contributed by atoms with Crippen molar-refractivity contribution in [3.8, 4) is 0 Å². The van der Waals surface area contributed by atoms with E-state index in [1.54, 1.807) is 12.3 Å². The molecule has 0 radical (unpaired) electrons. The summed E-state index contributed by atoms with van der Waals surface area (Å²) in [5.74, 6) is 0. The average Bonchev–Trinajstić information content (AvgIpc) is 2.40. The van der Waals surface area contributed by atoms with Crippen LogP contribution in [0.5, 0.6) is 0 Å². The number of nitrogens with one attached hydrogen (secondary N) is 1. The van der Waals surface area contributed by atoms with Crippen molar-refractivity contribution in [2.45, 2.75) is 25.9 Å². The van der Waals surface area contributed by atoms with E-state index in [2.05, 4.69) is 5.32 Å². The van der Waals surface area contributed by atoms with Crippen molar-refractivity contribution in [2.75, 3.05) is 11.9 Å². The van der Waals surface area contributed by atoms with Crippen molar-refractivity contribution in [1.82, 2.24) is 0 Å². The Morgan fingerprint density at radius 3 is 3.00 bits per heavy atom. The second-order valence-corrected chi connectivity index (χ2v) is 4.87. The number of allylic oxidation sites excluding steroid dienone is 1. The Hall–Kier alpha value is -1.75. The number of hydrogen-bond acceptors (Lipinski definition) is 4. The fourth-order valence-corrected chi connectivity index (χ4v) is 2.19. The van der Waals surface area contributed by atoms with E-state index in [-0.39, 0.29) is 16.8 Å². The van der Waals surface area contributed by atoms with Crippen LogP contribution in [0.4, 0.5) is 11.4 Å². The van der Waals surface area contributed by atoms with Crippen molar-refractivity contribution in [3.05, 3.63) is 45.2 Å². The van der Waals surface area contributed by atoms with Gasteiger partial charge in [-0.3, -0.25) is 10.1 Å². The molecule has 1 unspecified atom stereocenters. The molecule has 0 saturated heterocycles. The summed E-state index contributed by atoms with van der Waals surface area (Å²) in [4.78, 5) is 10.3. The molecule has 1 atom stereocenters. The summed E-state index contributed by atoms with van der Waals surface area (Å²) in [7, 11) is 0. The molecule has 2 rings (SSSR count). The number of nitro benzene ring substituents is 1. The Morgan fingerprint density at radius 2 is 2.37 bits per heavy atom. The SMILES string of the molecule is Cc1cc([N+](=O)[O-])c(Cl)cc1NCC1CCC=CO1. The van der Waals surface area contributed by atoms with E-state index in [4.69, 9.17) is 16.3 Å². The van der Waals surface area contributed by atoms with E-state index in [0.717, 1.165) is 24.1 Å². The molecule has 0 bridgehead atoms. The Bertz CT molecular complexity index is 517. The predicted molar refractivity (Wildman–Crippen MR) is 74.6 cm³/mol. The summed E-state index contributed by atoms with van der Waals surface area (Å²) in [6, 6.07) is 3.07. The van der Waals surface area contributed by atoms with Gasteiger partial charge in [-0.2, -0.15) is 0 Å². The highest BCUT2D eigenvalue weighted by Gasteiger charge is 2.16. The number of hydrogen-bond donors (Lipinski definition) is 1. The fourth-order valence-electron chi connectivity index (χ4n) is 1.96. The number of aryl methyl sites for hydroxylation is 1. The zero-order chi connectivity index (χ0) is 13.8. The molecule has 0 saturated carbocycles. The number of nitrogens with zero attached hydrogens (tertiary/aromatic N) is 1. The van der Waals surface area contributed by atoms with Crippen molar-refractivity contribution in [1.29, 1.82) is 0 Å². The van der Waals surface area contributed by atoms with Crippen molar-refractivity contribution < 1.29 is 9.66 Å². The van der Waals surface area contributed by atoms with Gasteiger partial charge < -0.3 is 10.1 Å². The van der Waals surface area contributed by atoms with Gasteiger partial charge in [0.1, 0.15) is 11.1 Å². The lowest BCUT2D eigenvalue weighted by Crippen LogP contribution is -2.23. The number of rotatable bonds is 4. The molecule has 1 aromatic rings. The lowest BCUT2D eigenvalue weighted by Gasteiger charge is -2.21. The second kappa shape index (κ2) is 5.93. The van der Waals surface area contributed by atoms with Gasteiger partial charge in [0.05, 0.1) is 17.7 Å². The Balaban J connectivity index is 2.06. The largest absolute Gasteiger partial charge is 0.497 e. The highest BCUT2D eigenvalue weighted by Crippen LogP contribution is 2.30. The summed E-state index contributed by atoms with van der Waals surface area (Å²) < 4.78 is 5.45. The number of benzene rings is 1. The minimum absolute atomic E-state index is 0.0680. The zero-order valence-corrected chi connectivity index (χ0v) is 11.3. The van der Waals surface area contributed by atoms with Gasteiger partial charge in [-0.15, -0.1) is 0 Å². The summed E-state index contributed by atoms with van der Waals surface area (Å²) >= 11 is 5.89. The third-order valence-corrected chi connectivity index (χ3v) is 3.34. The fraction of sp³-hybridized carbons (Fsp3) is 0.385. The van der Waals surface area contributed by atoms with Crippen LogP contribution < -0.4 is 5.32 Å². The summed E-state index contributed by atoms with van der Waals surface area (Å²) in [6.45, 7) is 2.46. The summed E-state index contributed by atoms with van der Waals surface area (Å²) in [5, 5.41) is 14.1. The molecule has 19 heavy (non-hydrogen) atoms. The van der Waals surface area contributed by atoms with Gasteiger partial charge in [0.2, 0.25) is 0 Å². The van der Waals surface area contributed by atoms with Crippen molar-refractivity contribution in [3.63, 3.8) is 0 Å². The highest BCUT2D eigenvalue weighted by molar-refractivity contribution is 6.33. The first kappa shape index (κ1) is 13.7. The lowest BCUT2D eigenvalue weighted by molar-refractivity contribution is -0.384. The lowest BCUT2D eigenvalue weighted by atomic mass is 10.1. The first-order chi connectivity index (χ1) is 9.08. The summed E-state index contributed by atoms with van der Waals surface area (Å²) in [6.07, 6.45) is 5.80. The summed E-state index contributed by atoms with van der Waals surface area (Å²) in [5.41, 5.74) is 1.53. The van der Waals surface area contributed by atoms with Gasteiger partial charge in [-0.1, -0.05) is 11.6 Å². The molecule has 0 amide bonds. The zero-order valence-electron chi connectivity index (χ0n) is 10.6. The van der Waals surface area contributed by atoms with E-state index in [1.807, 2.05) is 13.0 Å².